The van der Waals surface area contributed by atoms with Crippen LogP contribution in [0.1, 0.15) is 16.0 Å². The van der Waals surface area contributed by atoms with Gasteiger partial charge in [0.15, 0.2) is 0 Å². The van der Waals surface area contributed by atoms with E-state index in [2.05, 4.69) is 42.3 Å². The minimum atomic E-state index is 0.856. The Morgan fingerprint density at radius 2 is 2.20 bits per heavy atom. The average molecular weight is 218 g/mol. The predicted octanol–water partition coefficient (Wildman–Crippen LogP) is 3.37. The number of thiazole rings is 1. The number of hydrogen-bond donors (Lipinski definition) is 1. The monoisotopic (exact) mass is 218 g/mol. The van der Waals surface area contributed by atoms with E-state index in [1.807, 2.05) is 11.7 Å². The molecule has 0 fully saturated rings. The number of rotatable bonds is 3. The molecule has 0 aliphatic carbocycles. The van der Waals surface area contributed by atoms with Gasteiger partial charge in [-0.2, -0.15) is 0 Å². The molecule has 0 bridgehead atoms. The lowest BCUT2D eigenvalue weighted by atomic mass is 10.1. The molecule has 0 saturated carbocycles. The first-order chi connectivity index (χ1) is 7.25. The zero-order valence-corrected chi connectivity index (χ0v) is 9.77. The van der Waals surface area contributed by atoms with Crippen molar-refractivity contribution in [2.24, 2.45) is 0 Å². The van der Waals surface area contributed by atoms with Gasteiger partial charge in [0.25, 0.3) is 0 Å². The zero-order valence-electron chi connectivity index (χ0n) is 8.95. The highest BCUT2D eigenvalue weighted by Gasteiger charge is 1.99. The quantitative estimate of drug-likeness (QED) is 0.854. The number of benzene rings is 1. The lowest BCUT2D eigenvalue weighted by Gasteiger charge is -2.08. The first-order valence-electron chi connectivity index (χ1n) is 4.94. The van der Waals surface area contributed by atoms with Crippen molar-refractivity contribution in [2.75, 3.05) is 5.32 Å². The van der Waals surface area contributed by atoms with Crippen LogP contribution in [0.2, 0.25) is 0 Å². The van der Waals surface area contributed by atoms with Gasteiger partial charge in [-0.25, -0.2) is 0 Å². The van der Waals surface area contributed by atoms with Gasteiger partial charge >= 0.3 is 0 Å². The van der Waals surface area contributed by atoms with Gasteiger partial charge < -0.3 is 5.32 Å². The van der Waals surface area contributed by atoms with E-state index in [1.54, 1.807) is 11.3 Å². The maximum atomic E-state index is 4.05. The summed E-state index contributed by atoms with van der Waals surface area (Å²) in [6.45, 7) is 5.08. The van der Waals surface area contributed by atoms with E-state index in [9.17, 15) is 0 Å². The summed E-state index contributed by atoms with van der Waals surface area (Å²) in [7, 11) is 0. The van der Waals surface area contributed by atoms with Gasteiger partial charge in [0.2, 0.25) is 0 Å². The number of aryl methyl sites for hydroxylation is 2. The van der Waals surface area contributed by atoms with Crippen LogP contribution in [-0.4, -0.2) is 4.98 Å². The van der Waals surface area contributed by atoms with Crippen molar-refractivity contribution < 1.29 is 0 Å². The summed E-state index contributed by atoms with van der Waals surface area (Å²) in [5.41, 5.74) is 5.64. The molecule has 2 nitrogen and oxygen atoms in total. The maximum absolute atomic E-state index is 4.05. The van der Waals surface area contributed by atoms with Crippen LogP contribution < -0.4 is 5.32 Å². The largest absolute Gasteiger partial charge is 0.380 e. The topological polar surface area (TPSA) is 24.9 Å². The van der Waals surface area contributed by atoms with Gasteiger partial charge in [-0.3, -0.25) is 4.98 Å². The van der Waals surface area contributed by atoms with E-state index in [1.165, 1.54) is 21.7 Å². The molecule has 1 aromatic carbocycles. The van der Waals surface area contributed by atoms with Crippen molar-refractivity contribution >= 4 is 17.0 Å². The lowest BCUT2D eigenvalue weighted by molar-refractivity contribution is 1.16. The highest BCUT2D eigenvalue weighted by Crippen LogP contribution is 2.18. The molecule has 0 atom stereocenters. The third kappa shape index (κ3) is 2.57. The summed E-state index contributed by atoms with van der Waals surface area (Å²) in [6.07, 6.45) is 1.91. The molecule has 0 radical (unpaired) electrons. The van der Waals surface area contributed by atoms with E-state index in [0.29, 0.717) is 0 Å². The molecular formula is C12H14N2S. The van der Waals surface area contributed by atoms with Gasteiger partial charge in [0.1, 0.15) is 0 Å². The number of hydrogen-bond acceptors (Lipinski definition) is 3. The normalized spacial score (nSPS) is 10.3. The van der Waals surface area contributed by atoms with Gasteiger partial charge in [0.05, 0.1) is 12.1 Å². The molecule has 15 heavy (non-hydrogen) atoms. The molecule has 2 rings (SSSR count). The van der Waals surface area contributed by atoms with Gasteiger partial charge in [-0.05, 0) is 31.0 Å². The van der Waals surface area contributed by atoms with Crippen molar-refractivity contribution in [1.29, 1.82) is 0 Å². The molecule has 1 N–H and O–H groups in total. The van der Waals surface area contributed by atoms with Crippen LogP contribution in [0.3, 0.4) is 0 Å². The third-order valence-corrected chi connectivity index (χ3v) is 3.11. The number of aromatic nitrogens is 1. The van der Waals surface area contributed by atoms with Crippen LogP contribution in [0.5, 0.6) is 0 Å². The predicted molar refractivity (Wildman–Crippen MR) is 65.4 cm³/mol. The first kappa shape index (κ1) is 10.2. The highest BCUT2D eigenvalue weighted by atomic mass is 32.1. The van der Waals surface area contributed by atoms with E-state index in [-0.39, 0.29) is 0 Å². The van der Waals surface area contributed by atoms with Crippen LogP contribution in [0, 0.1) is 13.8 Å². The molecule has 1 aromatic heterocycles. The first-order valence-corrected chi connectivity index (χ1v) is 5.82. The van der Waals surface area contributed by atoms with Gasteiger partial charge in [0, 0.05) is 16.8 Å². The smallest absolute Gasteiger partial charge is 0.0794 e. The Morgan fingerprint density at radius 1 is 1.33 bits per heavy atom. The molecule has 1 heterocycles. The van der Waals surface area contributed by atoms with Crippen molar-refractivity contribution in [3.63, 3.8) is 0 Å². The minimum absolute atomic E-state index is 0.856. The number of anilines is 1. The number of nitrogens with zero attached hydrogens (tertiary/aromatic N) is 1. The second kappa shape index (κ2) is 4.45. The SMILES string of the molecule is Cc1ccc(C)c(NCc2cncs2)c1. The molecule has 3 heteroatoms. The molecule has 78 valence electrons. The molecule has 0 aliphatic heterocycles. The number of nitrogens with one attached hydrogen (secondary N) is 1. The standard InChI is InChI=1S/C12H14N2S/c1-9-3-4-10(2)12(5-9)14-7-11-6-13-8-15-11/h3-6,8,14H,7H2,1-2H3. The zero-order chi connectivity index (χ0) is 10.7. The fraction of sp³-hybridized carbons (Fsp3) is 0.250. The Balaban J connectivity index is 2.07. The molecule has 0 spiro atoms. The summed E-state index contributed by atoms with van der Waals surface area (Å²) < 4.78 is 0. The van der Waals surface area contributed by atoms with E-state index in [0.717, 1.165) is 6.54 Å². The van der Waals surface area contributed by atoms with Crippen LogP contribution in [0.25, 0.3) is 0 Å². The molecule has 0 unspecified atom stereocenters. The van der Waals surface area contributed by atoms with Crippen LogP contribution in [-0.2, 0) is 6.54 Å². The molecule has 2 aromatic rings. The Morgan fingerprint density at radius 3 is 2.93 bits per heavy atom. The van der Waals surface area contributed by atoms with E-state index >= 15 is 0 Å². The molecule has 0 aliphatic rings. The van der Waals surface area contributed by atoms with Crippen LogP contribution in [0.15, 0.2) is 29.9 Å². The minimum Gasteiger partial charge on any atom is -0.380 e. The van der Waals surface area contributed by atoms with Gasteiger partial charge in [-0.15, -0.1) is 11.3 Å². The Bertz CT molecular complexity index is 435. The van der Waals surface area contributed by atoms with Crippen molar-refractivity contribution in [3.8, 4) is 0 Å². The van der Waals surface area contributed by atoms with Crippen molar-refractivity contribution in [2.45, 2.75) is 20.4 Å². The fourth-order valence-electron chi connectivity index (χ4n) is 1.44. The highest BCUT2D eigenvalue weighted by molar-refractivity contribution is 7.09. The average Bonchev–Trinajstić information content (AvgIpc) is 2.72. The third-order valence-electron chi connectivity index (χ3n) is 2.33. The Labute approximate surface area is 94.0 Å². The summed E-state index contributed by atoms with van der Waals surface area (Å²) in [6, 6.07) is 6.45. The van der Waals surface area contributed by atoms with Crippen molar-refractivity contribution in [3.05, 3.63) is 45.9 Å². The van der Waals surface area contributed by atoms with E-state index < -0.39 is 0 Å². The van der Waals surface area contributed by atoms with Crippen molar-refractivity contribution in [1.82, 2.24) is 4.98 Å². The van der Waals surface area contributed by atoms with Gasteiger partial charge in [-0.1, -0.05) is 12.1 Å². The van der Waals surface area contributed by atoms with Crippen LogP contribution >= 0.6 is 11.3 Å². The fourth-order valence-corrected chi connectivity index (χ4v) is 1.97. The Kier molecular flexibility index (Phi) is 3.02. The maximum Gasteiger partial charge on any atom is 0.0794 e. The summed E-state index contributed by atoms with van der Waals surface area (Å²) >= 11 is 1.68. The Hall–Kier alpha value is -1.35. The molecule has 0 amide bonds. The second-order valence-corrected chi connectivity index (χ2v) is 4.61. The summed E-state index contributed by atoms with van der Waals surface area (Å²) in [4.78, 5) is 5.31. The lowest BCUT2D eigenvalue weighted by Crippen LogP contribution is -1.99. The van der Waals surface area contributed by atoms with E-state index in [4.69, 9.17) is 0 Å². The summed E-state index contributed by atoms with van der Waals surface area (Å²) in [5, 5.41) is 3.43. The van der Waals surface area contributed by atoms with Crippen LogP contribution in [0.4, 0.5) is 5.69 Å². The summed E-state index contributed by atoms with van der Waals surface area (Å²) in [5.74, 6) is 0. The second-order valence-electron chi connectivity index (χ2n) is 3.64. The molecule has 0 saturated heterocycles. The molecular weight excluding hydrogens is 204 g/mol.